The summed E-state index contributed by atoms with van der Waals surface area (Å²) < 4.78 is 48.2. The van der Waals surface area contributed by atoms with Crippen molar-refractivity contribution in [2.75, 3.05) is 6.61 Å². The third-order valence-corrected chi connectivity index (χ3v) is 5.20. The van der Waals surface area contributed by atoms with E-state index >= 15 is 0 Å². The lowest BCUT2D eigenvalue weighted by Crippen LogP contribution is -2.32. The van der Waals surface area contributed by atoms with Crippen molar-refractivity contribution in [3.63, 3.8) is 0 Å². The van der Waals surface area contributed by atoms with Crippen LogP contribution in [0.4, 0.5) is 13.2 Å². The lowest BCUT2D eigenvalue weighted by Gasteiger charge is -2.17. The second-order valence-electron chi connectivity index (χ2n) is 7.36. The summed E-state index contributed by atoms with van der Waals surface area (Å²) in [4.78, 5) is 17.4. The van der Waals surface area contributed by atoms with Crippen LogP contribution in [0.15, 0.2) is 60.8 Å². The molecule has 4 rings (SSSR count). The van der Waals surface area contributed by atoms with Crippen molar-refractivity contribution in [3.05, 3.63) is 101 Å². The number of nitrogens with zero attached hydrogens (tertiary/aromatic N) is 2. The first kappa shape index (κ1) is 24.8. The zero-order valence-electron chi connectivity index (χ0n) is 17.6. The molecule has 0 spiro atoms. The molecule has 0 fully saturated rings. The molecule has 178 valence electrons. The molecule has 34 heavy (non-hydrogen) atoms. The molecule has 1 atom stereocenters. The highest BCUT2D eigenvalue weighted by atomic mass is 19.1. The van der Waals surface area contributed by atoms with E-state index in [0.717, 1.165) is 12.1 Å². The van der Waals surface area contributed by atoms with Crippen LogP contribution in [-0.2, 0) is 6.61 Å². The number of amides is 1. The first-order valence-corrected chi connectivity index (χ1v) is 10.1. The van der Waals surface area contributed by atoms with Gasteiger partial charge in [-0.2, -0.15) is 0 Å². The summed E-state index contributed by atoms with van der Waals surface area (Å²) in [5, 5.41) is 12.5. The minimum absolute atomic E-state index is 0. The minimum atomic E-state index is -0.758. The molecule has 4 aromatic rings. The normalized spacial score (nSPS) is 11.7. The molecule has 0 bridgehead atoms. The zero-order chi connectivity index (χ0) is 23.5. The largest absolute Gasteiger partial charge is 0.485 e. The highest BCUT2D eigenvalue weighted by Crippen LogP contribution is 2.25. The SMILES string of the molecule is C.Cc1nc2c(OCc3c(F)cccc3F)cccn2c1C(=O)NC(CO)c1ccc(F)cc1. The first-order chi connectivity index (χ1) is 15.9. The molecule has 0 aliphatic carbocycles. The van der Waals surface area contributed by atoms with Gasteiger partial charge in [-0.15, -0.1) is 0 Å². The third kappa shape index (κ3) is 4.89. The first-order valence-electron chi connectivity index (χ1n) is 10.1. The van der Waals surface area contributed by atoms with E-state index in [2.05, 4.69) is 10.3 Å². The fraction of sp³-hybridized carbons (Fsp3) is 0.200. The summed E-state index contributed by atoms with van der Waals surface area (Å²) in [6.07, 6.45) is 1.60. The molecule has 0 aliphatic heterocycles. The number of hydrogen-bond acceptors (Lipinski definition) is 4. The second kappa shape index (κ2) is 10.4. The Balaban J connectivity index is 0.00000324. The van der Waals surface area contributed by atoms with Crippen LogP contribution < -0.4 is 10.1 Å². The molecule has 9 heteroatoms. The number of nitrogens with one attached hydrogen (secondary N) is 1. The van der Waals surface area contributed by atoms with Gasteiger partial charge in [-0.3, -0.25) is 9.20 Å². The molecule has 6 nitrogen and oxygen atoms in total. The van der Waals surface area contributed by atoms with Gasteiger partial charge in [-0.05, 0) is 48.9 Å². The number of ether oxygens (including phenoxy) is 1. The molecule has 0 aliphatic rings. The molecule has 0 saturated carbocycles. The maximum Gasteiger partial charge on any atom is 0.270 e. The van der Waals surface area contributed by atoms with Crippen molar-refractivity contribution < 1.29 is 27.8 Å². The Bertz CT molecular complexity index is 1290. The van der Waals surface area contributed by atoms with Gasteiger partial charge in [-0.1, -0.05) is 25.6 Å². The van der Waals surface area contributed by atoms with Gasteiger partial charge in [0.2, 0.25) is 0 Å². The Morgan fingerprint density at radius 1 is 1.09 bits per heavy atom. The number of fused-ring (bicyclic) bond motifs is 1. The standard InChI is InChI=1S/C24H20F3N3O3.CH4/c1-14-22(24(32)29-20(12-31)15-7-9-16(25)10-8-15)30-11-3-6-21(23(30)28-14)33-13-17-18(26)4-2-5-19(17)27;/h2-11,20,31H,12-13H2,1H3,(H,29,32);1H4. The molecule has 0 saturated heterocycles. The smallest absolute Gasteiger partial charge is 0.270 e. The summed E-state index contributed by atoms with van der Waals surface area (Å²) in [5.74, 6) is -2.16. The molecule has 2 aromatic heterocycles. The number of halogens is 3. The van der Waals surface area contributed by atoms with Gasteiger partial charge in [0, 0.05) is 6.20 Å². The zero-order valence-corrected chi connectivity index (χ0v) is 17.6. The summed E-state index contributed by atoms with van der Waals surface area (Å²) in [5.41, 5.74) is 1.20. The summed E-state index contributed by atoms with van der Waals surface area (Å²) >= 11 is 0. The maximum atomic E-state index is 13.9. The number of aliphatic hydroxyl groups is 1. The summed E-state index contributed by atoms with van der Waals surface area (Å²) in [7, 11) is 0. The maximum absolute atomic E-state index is 13.9. The molecule has 1 amide bonds. The predicted octanol–water partition coefficient (Wildman–Crippen LogP) is 4.74. The molecule has 2 aromatic carbocycles. The Kier molecular flexibility index (Phi) is 7.57. The number of carbonyl (C=O) groups is 1. The van der Waals surface area contributed by atoms with Crippen LogP contribution in [0.2, 0.25) is 0 Å². The van der Waals surface area contributed by atoms with Crippen molar-refractivity contribution in [3.8, 4) is 5.75 Å². The molecule has 0 radical (unpaired) electrons. The van der Waals surface area contributed by atoms with Crippen molar-refractivity contribution in [2.45, 2.75) is 27.0 Å². The quantitative estimate of drug-likeness (QED) is 0.408. The van der Waals surface area contributed by atoms with Crippen LogP contribution in [-0.4, -0.2) is 27.0 Å². The topological polar surface area (TPSA) is 75.9 Å². The number of aliphatic hydroxyl groups excluding tert-OH is 1. The van der Waals surface area contributed by atoms with E-state index in [1.165, 1.54) is 34.7 Å². The Labute approximate surface area is 194 Å². The molecular weight excluding hydrogens is 447 g/mol. The van der Waals surface area contributed by atoms with Gasteiger partial charge in [0.05, 0.1) is 23.9 Å². The Morgan fingerprint density at radius 2 is 1.76 bits per heavy atom. The van der Waals surface area contributed by atoms with Crippen LogP contribution in [0.3, 0.4) is 0 Å². The average Bonchev–Trinajstić information content (AvgIpc) is 3.14. The van der Waals surface area contributed by atoms with Gasteiger partial charge in [0.1, 0.15) is 29.8 Å². The number of hydrogen-bond donors (Lipinski definition) is 2. The van der Waals surface area contributed by atoms with E-state index in [1.807, 2.05) is 0 Å². The van der Waals surface area contributed by atoms with Gasteiger partial charge in [0.15, 0.2) is 11.4 Å². The number of carbonyl (C=O) groups excluding carboxylic acids is 1. The van der Waals surface area contributed by atoms with E-state index in [9.17, 15) is 23.1 Å². The number of imidazole rings is 1. The van der Waals surface area contributed by atoms with Gasteiger partial charge in [-0.25, -0.2) is 18.2 Å². The molecular formula is C25H24F3N3O3. The number of benzene rings is 2. The van der Waals surface area contributed by atoms with Gasteiger partial charge in [0.25, 0.3) is 5.91 Å². The van der Waals surface area contributed by atoms with Crippen LogP contribution in [0, 0.1) is 24.4 Å². The van der Waals surface area contributed by atoms with Crippen LogP contribution in [0.25, 0.3) is 5.65 Å². The lowest BCUT2D eigenvalue weighted by molar-refractivity contribution is 0.0909. The second-order valence-corrected chi connectivity index (χ2v) is 7.36. The lowest BCUT2D eigenvalue weighted by atomic mass is 10.1. The van der Waals surface area contributed by atoms with Crippen LogP contribution in [0.5, 0.6) is 5.75 Å². The number of aromatic nitrogens is 2. The molecule has 2 heterocycles. The number of aryl methyl sites for hydroxylation is 1. The van der Waals surface area contributed by atoms with Crippen molar-refractivity contribution in [2.24, 2.45) is 0 Å². The Morgan fingerprint density at radius 3 is 2.41 bits per heavy atom. The van der Waals surface area contributed by atoms with Crippen LogP contribution in [0.1, 0.15) is 40.8 Å². The Hall–Kier alpha value is -3.85. The highest BCUT2D eigenvalue weighted by Gasteiger charge is 2.22. The highest BCUT2D eigenvalue weighted by molar-refractivity contribution is 5.95. The van der Waals surface area contributed by atoms with E-state index in [4.69, 9.17) is 4.74 Å². The summed E-state index contributed by atoms with van der Waals surface area (Å²) in [6, 6.07) is 11.4. The number of pyridine rings is 1. The fourth-order valence-electron chi connectivity index (χ4n) is 3.52. The number of rotatable bonds is 7. The van der Waals surface area contributed by atoms with E-state index < -0.39 is 36.0 Å². The van der Waals surface area contributed by atoms with E-state index in [1.54, 1.807) is 25.3 Å². The van der Waals surface area contributed by atoms with E-state index in [0.29, 0.717) is 16.9 Å². The summed E-state index contributed by atoms with van der Waals surface area (Å²) in [6.45, 7) is 0.882. The van der Waals surface area contributed by atoms with Crippen LogP contribution >= 0.6 is 0 Å². The van der Waals surface area contributed by atoms with Crippen molar-refractivity contribution in [1.29, 1.82) is 0 Å². The minimum Gasteiger partial charge on any atom is -0.485 e. The predicted molar refractivity (Wildman–Crippen MR) is 121 cm³/mol. The van der Waals surface area contributed by atoms with Crippen molar-refractivity contribution >= 4 is 11.6 Å². The van der Waals surface area contributed by atoms with E-state index in [-0.39, 0.29) is 31.0 Å². The monoisotopic (exact) mass is 471 g/mol. The fourth-order valence-corrected chi connectivity index (χ4v) is 3.52. The van der Waals surface area contributed by atoms with Gasteiger partial charge < -0.3 is 15.2 Å². The average molecular weight is 471 g/mol. The molecule has 1 unspecified atom stereocenters. The van der Waals surface area contributed by atoms with Crippen molar-refractivity contribution in [1.82, 2.24) is 14.7 Å². The molecule has 2 N–H and O–H groups in total. The van der Waals surface area contributed by atoms with Gasteiger partial charge >= 0.3 is 0 Å². The third-order valence-electron chi connectivity index (χ3n) is 5.20.